The number of esters is 2. The van der Waals surface area contributed by atoms with Gasteiger partial charge in [-0.1, -0.05) is 12.1 Å². The lowest BCUT2D eigenvalue weighted by Crippen LogP contribution is -2.29. The molecule has 0 spiro atoms. The summed E-state index contributed by atoms with van der Waals surface area (Å²) in [6.45, 7) is -0.555. The second kappa shape index (κ2) is 11.0. The van der Waals surface area contributed by atoms with Crippen molar-refractivity contribution in [2.75, 3.05) is 11.5 Å². The monoisotopic (exact) mass is 550 g/mol. The molecule has 0 N–H and O–H groups in total. The maximum absolute atomic E-state index is 12.6. The lowest BCUT2D eigenvalue weighted by atomic mass is 10.1. The Bertz CT molecular complexity index is 1680. The third kappa shape index (κ3) is 5.45. The first-order chi connectivity index (χ1) is 19.7. The van der Waals surface area contributed by atoms with Crippen LogP contribution in [0.25, 0.3) is 0 Å². The highest BCUT2D eigenvalue weighted by Crippen LogP contribution is 2.28. The molecule has 11 nitrogen and oxygen atoms in total. The van der Waals surface area contributed by atoms with Crippen LogP contribution in [0.3, 0.4) is 0 Å². The highest BCUT2D eigenvalue weighted by Gasteiger charge is 2.36. The highest BCUT2D eigenvalue weighted by molar-refractivity contribution is 6.34. The zero-order valence-electron chi connectivity index (χ0n) is 21.0. The zero-order valence-corrected chi connectivity index (χ0v) is 21.0. The number of rotatable bonds is 8. The van der Waals surface area contributed by atoms with E-state index in [9.17, 15) is 34.1 Å². The van der Waals surface area contributed by atoms with Gasteiger partial charge in [0, 0.05) is 17.7 Å². The number of nitro benzene ring substituents is 1. The summed E-state index contributed by atoms with van der Waals surface area (Å²) in [4.78, 5) is 73.7. The number of anilines is 1. The van der Waals surface area contributed by atoms with Crippen LogP contribution in [0.1, 0.15) is 51.8 Å². The Morgan fingerprint density at radius 1 is 0.683 bits per heavy atom. The summed E-state index contributed by atoms with van der Waals surface area (Å²) >= 11 is 0. The van der Waals surface area contributed by atoms with E-state index < -0.39 is 41.1 Å². The second-order valence-electron chi connectivity index (χ2n) is 8.76. The predicted octanol–water partition coefficient (Wildman–Crippen LogP) is 4.65. The maximum Gasteiger partial charge on any atom is 0.343 e. The second-order valence-corrected chi connectivity index (χ2v) is 8.76. The molecule has 41 heavy (non-hydrogen) atoms. The topological polar surface area (TPSA) is 150 Å². The van der Waals surface area contributed by atoms with Crippen LogP contribution in [-0.2, 0) is 4.74 Å². The Morgan fingerprint density at radius 2 is 1.20 bits per heavy atom. The van der Waals surface area contributed by atoms with Crippen molar-refractivity contribution in [1.82, 2.24) is 0 Å². The number of nitro groups is 1. The summed E-state index contributed by atoms with van der Waals surface area (Å²) in [5.41, 5.74) is 1.16. The number of ether oxygens (including phenoxy) is 2. The Kier molecular flexibility index (Phi) is 7.16. The number of amides is 2. The van der Waals surface area contributed by atoms with Gasteiger partial charge in [0.25, 0.3) is 17.5 Å². The molecule has 1 aliphatic rings. The summed E-state index contributed by atoms with van der Waals surface area (Å²) in [6, 6.07) is 22.6. The zero-order chi connectivity index (χ0) is 29.1. The van der Waals surface area contributed by atoms with Crippen molar-refractivity contribution >= 4 is 40.9 Å². The molecule has 11 heteroatoms. The van der Waals surface area contributed by atoms with E-state index >= 15 is 0 Å². The van der Waals surface area contributed by atoms with E-state index in [1.165, 1.54) is 72.8 Å². The summed E-state index contributed by atoms with van der Waals surface area (Å²) in [6.07, 6.45) is 0. The maximum atomic E-state index is 12.6. The van der Waals surface area contributed by atoms with Crippen LogP contribution in [0.5, 0.6) is 5.75 Å². The van der Waals surface area contributed by atoms with Crippen LogP contribution in [0, 0.1) is 10.1 Å². The number of ketones is 1. The SMILES string of the molecule is O=C(COC(=O)c1ccc(N2C(=O)c3ccccc3C2=O)cc1)c1ccc(OC(=O)c2ccc([N+](=O)[O-])cc2)cc1. The quantitative estimate of drug-likeness (QED) is 0.0762. The molecule has 0 radical (unpaired) electrons. The predicted molar refractivity (Wildman–Crippen MR) is 143 cm³/mol. The minimum absolute atomic E-state index is 0.111. The molecule has 0 atom stereocenters. The molecule has 4 aromatic rings. The van der Waals surface area contributed by atoms with E-state index in [2.05, 4.69) is 0 Å². The molecule has 0 saturated carbocycles. The fourth-order valence-electron chi connectivity index (χ4n) is 4.06. The van der Waals surface area contributed by atoms with Crippen LogP contribution < -0.4 is 9.64 Å². The van der Waals surface area contributed by atoms with Crippen molar-refractivity contribution in [2.24, 2.45) is 0 Å². The molecule has 0 aromatic heterocycles. The summed E-state index contributed by atoms with van der Waals surface area (Å²) in [5.74, 6) is -2.80. The first-order valence-electron chi connectivity index (χ1n) is 12.1. The van der Waals surface area contributed by atoms with Crippen LogP contribution in [0.2, 0.25) is 0 Å². The van der Waals surface area contributed by atoms with Crippen molar-refractivity contribution in [2.45, 2.75) is 0 Å². The van der Waals surface area contributed by atoms with Crippen molar-refractivity contribution in [1.29, 1.82) is 0 Å². The van der Waals surface area contributed by atoms with Crippen molar-refractivity contribution in [3.8, 4) is 5.75 Å². The van der Waals surface area contributed by atoms with Gasteiger partial charge in [0.15, 0.2) is 12.4 Å². The van der Waals surface area contributed by atoms with Crippen molar-refractivity contribution in [3.05, 3.63) is 135 Å². The molecule has 2 amide bonds. The van der Waals surface area contributed by atoms with Crippen LogP contribution >= 0.6 is 0 Å². The normalized spacial score (nSPS) is 12.0. The smallest absolute Gasteiger partial charge is 0.343 e. The number of carbonyl (C=O) groups excluding carboxylic acids is 5. The van der Waals surface area contributed by atoms with Crippen LogP contribution in [0.4, 0.5) is 11.4 Å². The van der Waals surface area contributed by atoms with E-state index in [0.29, 0.717) is 11.1 Å². The number of hydrogen-bond acceptors (Lipinski definition) is 9. The van der Waals surface area contributed by atoms with Gasteiger partial charge in [0.05, 0.1) is 32.9 Å². The first kappa shape index (κ1) is 26.6. The van der Waals surface area contributed by atoms with Gasteiger partial charge in [-0.2, -0.15) is 0 Å². The van der Waals surface area contributed by atoms with Crippen LogP contribution in [0.15, 0.2) is 97.1 Å². The first-order valence-corrected chi connectivity index (χ1v) is 12.1. The number of hydrogen-bond donors (Lipinski definition) is 0. The summed E-state index contributed by atoms with van der Waals surface area (Å²) < 4.78 is 10.3. The molecule has 1 heterocycles. The lowest BCUT2D eigenvalue weighted by Gasteiger charge is -2.14. The van der Waals surface area contributed by atoms with Gasteiger partial charge in [0.2, 0.25) is 0 Å². The fourth-order valence-corrected chi connectivity index (χ4v) is 4.06. The molecule has 0 aliphatic carbocycles. The average molecular weight is 550 g/mol. The van der Waals surface area contributed by atoms with E-state index in [1.807, 2.05) is 0 Å². The van der Waals surface area contributed by atoms with E-state index in [-0.39, 0.29) is 33.8 Å². The number of nitrogens with zero attached hydrogens (tertiary/aromatic N) is 2. The average Bonchev–Trinajstić information content (AvgIpc) is 3.25. The Labute approximate surface area is 231 Å². The van der Waals surface area contributed by atoms with Crippen molar-refractivity contribution in [3.63, 3.8) is 0 Å². The molecule has 0 unspecified atom stereocenters. The number of carbonyl (C=O) groups is 5. The van der Waals surface area contributed by atoms with Gasteiger partial charge in [-0.3, -0.25) is 24.5 Å². The fraction of sp³-hybridized carbons (Fsp3) is 0.0333. The third-order valence-electron chi connectivity index (χ3n) is 6.19. The highest BCUT2D eigenvalue weighted by atomic mass is 16.6. The standard InChI is InChI=1S/C30H18N2O9/c33-26(18-9-15-23(16-10-18)41-30(37)20-7-13-22(14-8-20)32(38)39)17-40-29(36)19-5-11-21(12-6-19)31-27(34)24-3-1-2-4-25(24)28(31)35/h1-16H,17H2. The van der Waals surface area contributed by atoms with Gasteiger partial charge in [-0.05, 0) is 72.8 Å². The molecule has 0 fully saturated rings. The Balaban J connectivity index is 1.15. The number of fused-ring (bicyclic) bond motifs is 1. The summed E-state index contributed by atoms with van der Waals surface area (Å²) in [7, 11) is 0. The van der Waals surface area contributed by atoms with Gasteiger partial charge in [-0.15, -0.1) is 0 Å². The van der Waals surface area contributed by atoms with Gasteiger partial charge < -0.3 is 9.47 Å². The molecule has 0 bridgehead atoms. The van der Waals surface area contributed by atoms with Gasteiger partial charge in [-0.25, -0.2) is 14.5 Å². The van der Waals surface area contributed by atoms with E-state index in [1.54, 1.807) is 24.3 Å². The van der Waals surface area contributed by atoms with Crippen molar-refractivity contribution < 1.29 is 38.4 Å². The largest absolute Gasteiger partial charge is 0.454 e. The Morgan fingerprint density at radius 3 is 1.76 bits per heavy atom. The van der Waals surface area contributed by atoms with Gasteiger partial charge >= 0.3 is 11.9 Å². The summed E-state index contributed by atoms with van der Waals surface area (Å²) in [5, 5.41) is 10.7. The number of imide groups is 1. The molecule has 1 aliphatic heterocycles. The molecule has 5 rings (SSSR count). The Hall–Kier alpha value is -5.97. The van der Waals surface area contributed by atoms with E-state index in [0.717, 1.165) is 4.90 Å². The number of benzene rings is 4. The molecule has 0 saturated heterocycles. The molecular weight excluding hydrogens is 532 g/mol. The van der Waals surface area contributed by atoms with E-state index in [4.69, 9.17) is 9.47 Å². The third-order valence-corrected chi connectivity index (χ3v) is 6.19. The molecule has 202 valence electrons. The van der Waals surface area contributed by atoms with Crippen LogP contribution in [-0.4, -0.2) is 41.1 Å². The molecular formula is C30H18N2O9. The minimum atomic E-state index is -0.777. The number of non-ortho nitro benzene ring substituents is 1. The lowest BCUT2D eigenvalue weighted by molar-refractivity contribution is -0.384. The minimum Gasteiger partial charge on any atom is -0.454 e. The molecule has 4 aromatic carbocycles. The number of Topliss-reactive ketones (excluding diaryl/α,β-unsaturated/α-hetero) is 1. The van der Waals surface area contributed by atoms with Gasteiger partial charge in [0.1, 0.15) is 5.75 Å².